The number of aromatic nitrogens is 1. The van der Waals surface area contributed by atoms with Crippen LogP contribution >= 0.6 is 11.3 Å². The van der Waals surface area contributed by atoms with Crippen molar-refractivity contribution in [2.75, 3.05) is 12.1 Å². The summed E-state index contributed by atoms with van der Waals surface area (Å²) in [5.74, 6) is 0.00509. The van der Waals surface area contributed by atoms with Gasteiger partial charge in [0.05, 0.1) is 29.6 Å². The van der Waals surface area contributed by atoms with Gasteiger partial charge >= 0.3 is 5.88 Å². The number of carbonyl (C=O) groups excluding carboxylic acids is 1. The Balaban J connectivity index is 1.76. The normalized spacial score (nSPS) is 11.2. The van der Waals surface area contributed by atoms with Crippen molar-refractivity contribution in [1.29, 1.82) is 0 Å². The third-order valence-electron chi connectivity index (χ3n) is 4.80. The van der Waals surface area contributed by atoms with Crippen LogP contribution < -0.4 is 9.75 Å². The third-order valence-corrected chi connectivity index (χ3v) is 5.80. The number of fused-ring (bicyclic) bond motifs is 1. The highest BCUT2D eigenvalue weighted by Crippen LogP contribution is 2.32. The van der Waals surface area contributed by atoms with Crippen LogP contribution in [0, 0.1) is 24.0 Å². The molecule has 32 heavy (non-hydrogen) atoms. The van der Waals surface area contributed by atoms with Gasteiger partial charge in [-0.15, -0.1) is 0 Å². The molecule has 4 rings (SSSR count). The maximum absolute atomic E-state index is 13.4. The number of aryl methyl sites for hydroxylation is 2. The second-order valence-corrected chi connectivity index (χ2v) is 7.93. The van der Waals surface area contributed by atoms with Crippen LogP contribution in [0.3, 0.4) is 0 Å². The topological polar surface area (TPSA) is 111 Å². The van der Waals surface area contributed by atoms with Crippen molar-refractivity contribution in [2.45, 2.75) is 13.8 Å². The average molecular weight is 450 g/mol. The summed E-state index contributed by atoms with van der Waals surface area (Å²) in [6.45, 7) is 3.88. The minimum absolute atomic E-state index is 0.136. The molecule has 0 bridgehead atoms. The number of nitrogens with zero attached hydrogens (tertiary/aromatic N) is 4. The second-order valence-electron chi connectivity index (χ2n) is 6.92. The summed E-state index contributed by atoms with van der Waals surface area (Å²) in [7, 11) is 1.57. The Labute approximate surface area is 186 Å². The number of ether oxygens (including phenoxy) is 1. The van der Waals surface area contributed by atoms with Crippen LogP contribution in [0.25, 0.3) is 10.2 Å². The van der Waals surface area contributed by atoms with Crippen LogP contribution in [-0.4, -0.2) is 29.1 Å². The molecule has 0 radical (unpaired) electrons. The molecular weight excluding hydrogens is 432 g/mol. The Hall–Kier alpha value is -4.05. The van der Waals surface area contributed by atoms with Crippen molar-refractivity contribution in [3.05, 3.63) is 81.1 Å². The fraction of sp³-hybridized carbons (Fsp3) is 0.136. The molecule has 2 heterocycles. The zero-order valence-corrected chi connectivity index (χ0v) is 18.3. The number of hydrazone groups is 1. The fourth-order valence-electron chi connectivity index (χ4n) is 2.92. The molecule has 0 aliphatic carbocycles. The highest BCUT2D eigenvalue weighted by Gasteiger charge is 2.22. The van der Waals surface area contributed by atoms with Crippen LogP contribution in [0.15, 0.2) is 58.0 Å². The van der Waals surface area contributed by atoms with E-state index < -0.39 is 16.7 Å². The van der Waals surface area contributed by atoms with E-state index in [1.165, 1.54) is 29.7 Å². The fourth-order valence-corrected chi connectivity index (χ4v) is 3.87. The molecule has 0 atom stereocenters. The molecule has 0 aliphatic rings. The molecule has 0 fully saturated rings. The van der Waals surface area contributed by atoms with Gasteiger partial charge in [0.25, 0.3) is 5.91 Å². The smallest absolute Gasteiger partial charge is 0.433 e. The largest absolute Gasteiger partial charge is 0.497 e. The van der Waals surface area contributed by atoms with E-state index in [-0.39, 0.29) is 5.76 Å². The molecule has 10 heteroatoms. The van der Waals surface area contributed by atoms with Crippen molar-refractivity contribution < 1.29 is 18.9 Å². The molecule has 162 valence electrons. The molecule has 4 aromatic rings. The molecule has 0 aliphatic heterocycles. The van der Waals surface area contributed by atoms with Gasteiger partial charge in [0.2, 0.25) is 5.13 Å². The molecule has 2 aromatic carbocycles. The lowest BCUT2D eigenvalue weighted by molar-refractivity contribution is -0.402. The Morgan fingerprint density at radius 3 is 2.69 bits per heavy atom. The third kappa shape index (κ3) is 4.21. The summed E-state index contributed by atoms with van der Waals surface area (Å²) in [5.41, 5.74) is 3.15. The number of hydrogen-bond acceptors (Lipinski definition) is 8. The quantitative estimate of drug-likeness (QED) is 0.229. The number of furan rings is 1. The average Bonchev–Trinajstić information content (AvgIpc) is 3.42. The van der Waals surface area contributed by atoms with E-state index in [0.717, 1.165) is 20.8 Å². The maximum Gasteiger partial charge on any atom is 0.433 e. The van der Waals surface area contributed by atoms with E-state index in [0.29, 0.717) is 22.0 Å². The highest BCUT2D eigenvalue weighted by atomic mass is 32.1. The van der Waals surface area contributed by atoms with Gasteiger partial charge < -0.3 is 9.15 Å². The van der Waals surface area contributed by atoms with Gasteiger partial charge in [0.1, 0.15) is 10.7 Å². The molecule has 2 aromatic heterocycles. The molecule has 0 unspecified atom stereocenters. The van der Waals surface area contributed by atoms with Crippen LogP contribution in [0.2, 0.25) is 0 Å². The van der Waals surface area contributed by atoms with Gasteiger partial charge in [-0.2, -0.15) is 10.1 Å². The predicted molar refractivity (Wildman–Crippen MR) is 122 cm³/mol. The van der Waals surface area contributed by atoms with E-state index in [1.54, 1.807) is 31.4 Å². The number of amides is 1. The van der Waals surface area contributed by atoms with Crippen molar-refractivity contribution in [2.24, 2.45) is 5.10 Å². The lowest BCUT2D eigenvalue weighted by Crippen LogP contribution is -2.25. The number of methoxy groups -OCH3 is 1. The van der Waals surface area contributed by atoms with E-state index in [1.807, 2.05) is 26.0 Å². The molecule has 0 spiro atoms. The molecule has 1 amide bonds. The molecule has 0 N–H and O–H groups in total. The number of carbonyl (C=O) groups is 1. The first-order valence-corrected chi connectivity index (χ1v) is 10.3. The van der Waals surface area contributed by atoms with Gasteiger partial charge in [-0.1, -0.05) is 17.4 Å². The standard InChI is InChI=1S/C22H18N4O5S/c1-13-4-5-15(10-14(13)2)21(27)25(23-12-17-7-9-20(31-17)26(28)29)22-24-18-8-6-16(30-3)11-19(18)32-22/h4-12H,1-3H3/b23-12+. The summed E-state index contributed by atoms with van der Waals surface area (Å²) in [4.78, 5) is 28.1. The first kappa shape index (κ1) is 21.2. The summed E-state index contributed by atoms with van der Waals surface area (Å²) < 4.78 is 11.2. The minimum atomic E-state index is -0.643. The molecule has 0 saturated heterocycles. The molecule has 0 saturated carbocycles. The van der Waals surface area contributed by atoms with Crippen LogP contribution in [0.1, 0.15) is 27.2 Å². The Morgan fingerprint density at radius 1 is 1.19 bits per heavy atom. The zero-order valence-electron chi connectivity index (χ0n) is 17.4. The summed E-state index contributed by atoms with van der Waals surface area (Å²) >= 11 is 1.27. The lowest BCUT2D eigenvalue weighted by Gasteiger charge is -2.14. The van der Waals surface area contributed by atoms with Gasteiger partial charge in [-0.3, -0.25) is 14.9 Å². The summed E-state index contributed by atoms with van der Waals surface area (Å²) in [6, 6.07) is 13.4. The van der Waals surface area contributed by atoms with Gasteiger partial charge in [0.15, 0.2) is 5.76 Å². The number of hydrogen-bond donors (Lipinski definition) is 0. The number of rotatable bonds is 6. The van der Waals surface area contributed by atoms with Crippen molar-refractivity contribution in [1.82, 2.24) is 4.98 Å². The highest BCUT2D eigenvalue weighted by molar-refractivity contribution is 7.22. The van der Waals surface area contributed by atoms with Crippen LogP contribution in [0.4, 0.5) is 11.0 Å². The monoisotopic (exact) mass is 450 g/mol. The molecular formula is C22H18N4O5S. The first-order valence-electron chi connectivity index (χ1n) is 9.50. The lowest BCUT2D eigenvalue weighted by atomic mass is 10.1. The summed E-state index contributed by atoms with van der Waals surface area (Å²) in [5, 5.41) is 16.6. The Kier molecular flexibility index (Phi) is 5.69. The van der Waals surface area contributed by atoms with Crippen molar-refractivity contribution >= 4 is 44.7 Å². The number of thiazole rings is 1. The van der Waals surface area contributed by atoms with Crippen LogP contribution in [-0.2, 0) is 0 Å². The summed E-state index contributed by atoms with van der Waals surface area (Å²) in [6.07, 6.45) is 1.25. The van der Waals surface area contributed by atoms with Crippen molar-refractivity contribution in [3.63, 3.8) is 0 Å². The van der Waals surface area contributed by atoms with Crippen LogP contribution in [0.5, 0.6) is 5.75 Å². The van der Waals surface area contributed by atoms with Gasteiger partial charge in [-0.05, 0) is 61.4 Å². The number of nitro groups is 1. The van der Waals surface area contributed by atoms with Gasteiger partial charge in [0, 0.05) is 5.56 Å². The SMILES string of the molecule is COc1ccc2nc(N(/N=C/c3ccc([N+](=O)[O-])o3)C(=O)c3ccc(C)c(C)c3)sc2c1. The van der Waals surface area contributed by atoms with Crippen molar-refractivity contribution in [3.8, 4) is 5.75 Å². The number of benzene rings is 2. The second kappa shape index (κ2) is 8.60. The Bertz CT molecular complexity index is 1360. The predicted octanol–water partition coefficient (Wildman–Crippen LogP) is 5.10. The first-order chi connectivity index (χ1) is 15.4. The Morgan fingerprint density at radius 2 is 2.00 bits per heavy atom. The number of anilines is 1. The van der Waals surface area contributed by atoms with E-state index in [4.69, 9.17) is 9.15 Å². The molecule has 9 nitrogen and oxygen atoms in total. The van der Waals surface area contributed by atoms with E-state index in [2.05, 4.69) is 10.1 Å². The van der Waals surface area contributed by atoms with Gasteiger partial charge in [-0.25, -0.2) is 4.98 Å². The maximum atomic E-state index is 13.4. The van der Waals surface area contributed by atoms with E-state index in [9.17, 15) is 14.9 Å². The van der Waals surface area contributed by atoms with E-state index >= 15 is 0 Å². The minimum Gasteiger partial charge on any atom is -0.497 e. The zero-order chi connectivity index (χ0) is 22.8.